The lowest BCUT2D eigenvalue weighted by atomic mass is 10.0. The summed E-state index contributed by atoms with van der Waals surface area (Å²) in [6.45, 7) is 2.01. The van der Waals surface area contributed by atoms with Crippen LogP contribution in [0.2, 0.25) is 0 Å². The van der Waals surface area contributed by atoms with E-state index in [4.69, 9.17) is 4.74 Å². The Labute approximate surface area is 136 Å². The average molecular weight is 302 g/mol. The number of ketones is 1. The van der Waals surface area contributed by atoms with E-state index in [-0.39, 0.29) is 5.78 Å². The predicted molar refractivity (Wildman–Crippen MR) is 95.0 cm³/mol. The van der Waals surface area contributed by atoms with Gasteiger partial charge in [0.2, 0.25) is 0 Å². The summed E-state index contributed by atoms with van der Waals surface area (Å²) in [6, 6.07) is 19.7. The maximum Gasteiger partial charge on any atom is 0.185 e. The second-order valence-corrected chi connectivity index (χ2v) is 5.54. The van der Waals surface area contributed by atoms with Gasteiger partial charge in [0.15, 0.2) is 5.78 Å². The molecular formula is C21H18O2. The molecule has 0 heterocycles. The Bertz CT molecular complexity index is 874. The summed E-state index contributed by atoms with van der Waals surface area (Å²) < 4.78 is 5.23. The summed E-state index contributed by atoms with van der Waals surface area (Å²) in [6.07, 6.45) is 3.47. The third-order valence-electron chi connectivity index (χ3n) is 3.83. The molecular weight excluding hydrogens is 284 g/mol. The number of allylic oxidation sites excluding steroid dienone is 1. The summed E-state index contributed by atoms with van der Waals surface area (Å²) in [5.74, 6) is 0.857. The SMILES string of the molecule is COc1ccc2cc(C=CC(=O)c3ccc(C)cc3)ccc2c1. The van der Waals surface area contributed by atoms with Crippen LogP contribution >= 0.6 is 0 Å². The molecule has 0 spiro atoms. The number of carbonyl (C=O) groups is 1. The summed E-state index contributed by atoms with van der Waals surface area (Å²) in [7, 11) is 1.66. The van der Waals surface area contributed by atoms with Crippen LogP contribution in [-0.2, 0) is 0 Å². The average Bonchev–Trinajstić information content (AvgIpc) is 2.59. The number of carbonyl (C=O) groups excluding carboxylic acids is 1. The maximum absolute atomic E-state index is 12.2. The van der Waals surface area contributed by atoms with Gasteiger partial charge in [0.05, 0.1) is 7.11 Å². The maximum atomic E-state index is 12.2. The molecule has 114 valence electrons. The number of benzene rings is 3. The van der Waals surface area contributed by atoms with E-state index in [2.05, 4.69) is 6.07 Å². The van der Waals surface area contributed by atoms with Gasteiger partial charge in [-0.1, -0.05) is 54.1 Å². The van der Waals surface area contributed by atoms with Crippen molar-refractivity contribution >= 4 is 22.6 Å². The molecule has 0 unspecified atom stereocenters. The van der Waals surface area contributed by atoms with Gasteiger partial charge in [-0.25, -0.2) is 0 Å². The highest BCUT2D eigenvalue weighted by molar-refractivity contribution is 6.07. The van der Waals surface area contributed by atoms with Crippen LogP contribution in [0.5, 0.6) is 5.75 Å². The lowest BCUT2D eigenvalue weighted by molar-refractivity contribution is 0.104. The molecule has 0 aromatic heterocycles. The van der Waals surface area contributed by atoms with E-state index < -0.39 is 0 Å². The van der Waals surface area contributed by atoms with E-state index in [1.165, 1.54) is 0 Å². The van der Waals surface area contributed by atoms with Crippen molar-refractivity contribution in [2.75, 3.05) is 7.11 Å². The molecule has 0 bridgehead atoms. The van der Waals surface area contributed by atoms with Crippen molar-refractivity contribution in [2.24, 2.45) is 0 Å². The highest BCUT2D eigenvalue weighted by Crippen LogP contribution is 2.22. The summed E-state index contributed by atoms with van der Waals surface area (Å²) in [5, 5.41) is 2.24. The quantitative estimate of drug-likeness (QED) is 0.498. The zero-order chi connectivity index (χ0) is 16.2. The van der Waals surface area contributed by atoms with Crippen LogP contribution in [0.15, 0.2) is 66.7 Å². The Morgan fingerprint density at radius 3 is 2.35 bits per heavy atom. The van der Waals surface area contributed by atoms with Crippen molar-refractivity contribution in [3.63, 3.8) is 0 Å². The highest BCUT2D eigenvalue weighted by atomic mass is 16.5. The van der Waals surface area contributed by atoms with Gasteiger partial charge in [0, 0.05) is 5.56 Å². The molecule has 0 amide bonds. The minimum absolute atomic E-state index is 0.0137. The van der Waals surface area contributed by atoms with E-state index in [0.717, 1.165) is 27.6 Å². The van der Waals surface area contributed by atoms with E-state index in [1.807, 2.05) is 67.6 Å². The van der Waals surface area contributed by atoms with Crippen molar-refractivity contribution in [1.29, 1.82) is 0 Å². The number of ether oxygens (including phenoxy) is 1. The van der Waals surface area contributed by atoms with Gasteiger partial charge in [-0.3, -0.25) is 4.79 Å². The van der Waals surface area contributed by atoms with E-state index in [1.54, 1.807) is 13.2 Å². The zero-order valence-electron chi connectivity index (χ0n) is 13.2. The fourth-order valence-electron chi connectivity index (χ4n) is 2.46. The number of aryl methyl sites for hydroxylation is 1. The summed E-state index contributed by atoms with van der Waals surface area (Å²) in [5.41, 5.74) is 2.86. The second kappa shape index (κ2) is 6.49. The van der Waals surface area contributed by atoms with Crippen LogP contribution in [0.3, 0.4) is 0 Å². The third kappa shape index (κ3) is 3.49. The minimum atomic E-state index is 0.0137. The number of rotatable bonds is 4. The number of fused-ring (bicyclic) bond motifs is 1. The molecule has 0 aliphatic rings. The number of methoxy groups -OCH3 is 1. The first-order valence-electron chi connectivity index (χ1n) is 7.52. The topological polar surface area (TPSA) is 26.3 Å². The van der Waals surface area contributed by atoms with Crippen LogP contribution in [0.25, 0.3) is 16.8 Å². The lowest BCUT2D eigenvalue weighted by Crippen LogP contribution is -1.93. The fraction of sp³-hybridized carbons (Fsp3) is 0.0952. The zero-order valence-corrected chi connectivity index (χ0v) is 13.2. The normalized spacial score (nSPS) is 11.0. The fourth-order valence-corrected chi connectivity index (χ4v) is 2.46. The van der Waals surface area contributed by atoms with Crippen molar-refractivity contribution < 1.29 is 9.53 Å². The Kier molecular flexibility index (Phi) is 4.24. The van der Waals surface area contributed by atoms with Crippen molar-refractivity contribution in [2.45, 2.75) is 6.92 Å². The number of hydrogen-bond donors (Lipinski definition) is 0. The largest absolute Gasteiger partial charge is 0.497 e. The molecule has 0 atom stereocenters. The molecule has 0 saturated carbocycles. The monoisotopic (exact) mass is 302 g/mol. The highest BCUT2D eigenvalue weighted by Gasteiger charge is 2.01. The van der Waals surface area contributed by atoms with E-state index >= 15 is 0 Å². The molecule has 3 aromatic rings. The number of hydrogen-bond acceptors (Lipinski definition) is 2. The lowest BCUT2D eigenvalue weighted by Gasteiger charge is -2.03. The molecule has 2 nitrogen and oxygen atoms in total. The van der Waals surface area contributed by atoms with E-state index in [0.29, 0.717) is 5.56 Å². The second-order valence-electron chi connectivity index (χ2n) is 5.54. The smallest absolute Gasteiger partial charge is 0.185 e. The first-order chi connectivity index (χ1) is 11.2. The molecule has 0 N–H and O–H groups in total. The van der Waals surface area contributed by atoms with Crippen molar-refractivity contribution in [1.82, 2.24) is 0 Å². The van der Waals surface area contributed by atoms with Gasteiger partial charge in [-0.2, -0.15) is 0 Å². The third-order valence-corrected chi connectivity index (χ3v) is 3.83. The Morgan fingerprint density at radius 2 is 1.61 bits per heavy atom. The standard InChI is InChI=1S/C21H18O2/c1-15-3-7-17(8-4-15)21(22)12-6-16-5-9-19-14-20(23-2)11-10-18(19)13-16/h3-14H,1-2H3. The van der Waals surface area contributed by atoms with Crippen LogP contribution in [-0.4, -0.2) is 12.9 Å². The van der Waals surface area contributed by atoms with Gasteiger partial charge in [-0.05, 0) is 47.5 Å². The molecule has 23 heavy (non-hydrogen) atoms. The summed E-state index contributed by atoms with van der Waals surface area (Å²) in [4.78, 5) is 12.2. The molecule has 0 fully saturated rings. The molecule has 0 saturated heterocycles. The molecule has 0 radical (unpaired) electrons. The van der Waals surface area contributed by atoms with Gasteiger partial charge >= 0.3 is 0 Å². The van der Waals surface area contributed by atoms with Crippen molar-refractivity contribution in [3.8, 4) is 5.75 Å². The Hall–Kier alpha value is -2.87. The molecule has 3 rings (SSSR count). The first kappa shape index (κ1) is 15.0. The van der Waals surface area contributed by atoms with Crippen LogP contribution < -0.4 is 4.74 Å². The van der Waals surface area contributed by atoms with Gasteiger partial charge in [0.25, 0.3) is 0 Å². The van der Waals surface area contributed by atoms with Gasteiger partial charge in [-0.15, -0.1) is 0 Å². The molecule has 0 aliphatic heterocycles. The first-order valence-corrected chi connectivity index (χ1v) is 7.52. The molecule has 2 heteroatoms. The molecule has 3 aromatic carbocycles. The van der Waals surface area contributed by atoms with Crippen LogP contribution in [0.4, 0.5) is 0 Å². The predicted octanol–water partition coefficient (Wildman–Crippen LogP) is 5.05. The van der Waals surface area contributed by atoms with Gasteiger partial charge < -0.3 is 4.74 Å². The van der Waals surface area contributed by atoms with E-state index in [9.17, 15) is 4.79 Å². The minimum Gasteiger partial charge on any atom is -0.497 e. The molecule has 0 aliphatic carbocycles. The van der Waals surface area contributed by atoms with Crippen molar-refractivity contribution in [3.05, 3.63) is 83.4 Å². The Morgan fingerprint density at radius 1 is 0.913 bits per heavy atom. The van der Waals surface area contributed by atoms with Crippen LogP contribution in [0, 0.1) is 6.92 Å². The van der Waals surface area contributed by atoms with Gasteiger partial charge in [0.1, 0.15) is 5.75 Å². The Balaban J connectivity index is 1.83. The summed E-state index contributed by atoms with van der Waals surface area (Å²) >= 11 is 0. The van der Waals surface area contributed by atoms with Crippen LogP contribution in [0.1, 0.15) is 21.5 Å².